The highest BCUT2D eigenvalue weighted by Gasteiger charge is 2.34. The van der Waals surface area contributed by atoms with Crippen LogP contribution in [-0.2, 0) is 9.59 Å². The molecule has 11 nitrogen and oxygen atoms in total. The van der Waals surface area contributed by atoms with Gasteiger partial charge in [0.15, 0.2) is 0 Å². The Morgan fingerprint density at radius 1 is 0.842 bits per heavy atom. The Hall–Kier alpha value is -3.28. The van der Waals surface area contributed by atoms with Gasteiger partial charge in [-0.25, -0.2) is 0 Å². The van der Waals surface area contributed by atoms with Gasteiger partial charge in [0.2, 0.25) is 11.8 Å². The maximum atomic E-state index is 13.0. The standard InChI is InChI=1S/C25H27Cl2N5O6/c1-28(8-6-24(33)29-14-16(12-26)20-4-2-18(31(35)36)10-22(20)29)9-7-25(34)30-15-17(13-27)21-5-3-19(32(37)38)11-23(21)30/h2-5,10-11,16-17H,6-9,12-15H2,1H3. The molecule has 0 saturated carbocycles. The van der Waals surface area contributed by atoms with Crippen LogP contribution >= 0.6 is 23.2 Å². The zero-order valence-corrected chi connectivity index (χ0v) is 22.2. The van der Waals surface area contributed by atoms with E-state index < -0.39 is 9.85 Å². The van der Waals surface area contributed by atoms with Crippen LogP contribution in [0.3, 0.4) is 0 Å². The first-order valence-corrected chi connectivity index (χ1v) is 13.2. The molecule has 13 heteroatoms. The summed E-state index contributed by atoms with van der Waals surface area (Å²) >= 11 is 12.2. The van der Waals surface area contributed by atoms with Crippen LogP contribution in [0, 0.1) is 20.2 Å². The Balaban J connectivity index is 1.34. The van der Waals surface area contributed by atoms with Gasteiger partial charge < -0.3 is 14.7 Å². The number of hydrogen-bond acceptors (Lipinski definition) is 7. The molecule has 2 atom stereocenters. The number of anilines is 2. The first-order valence-electron chi connectivity index (χ1n) is 12.1. The number of alkyl halides is 2. The summed E-state index contributed by atoms with van der Waals surface area (Å²) in [6, 6.07) is 8.98. The van der Waals surface area contributed by atoms with Gasteiger partial charge in [-0.05, 0) is 30.3 Å². The van der Waals surface area contributed by atoms with Crippen molar-refractivity contribution in [1.29, 1.82) is 0 Å². The zero-order chi connectivity index (χ0) is 27.6. The Morgan fingerprint density at radius 2 is 1.24 bits per heavy atom. The van der Waals surface area contributed by atoms with Crippen LogP contribution in [0.5, 0.6) is 0 Å². The van der Waals surface area contributed by atoms with Gasteiger partial charge in [0.25, 0.3) is 11.4 Å². The van der Waals surface area contributed by atoms with Crippen LogP contribution < -0.4 is 9.80 Å². The second kappa shape index (κ2) is 11.6. The molecule has 202 valence electrons. The van der Waals surface area contributed by atoms with Crippen LogP contribution in [0.15, 0.2) is 36.4 Å². The molecule has 38 heavy (non-hydrogen) atoms. The third-order valence-corrected chi connectivity index (χ3v) is 7.85. The first-order chi connectivity index (χ1) is 18.1. The maximum Gasteiger partial charge on any atom is 0.271 e. The van der Waals surface area contributed by atoms with Crippen molar-refractivity contribution in [3.05, 3.63) is 67.8 Å². The van der Waals surface area contributed by atoms with E-state index in [1.165, 1.54) is 24.3 Å². The number of non-ortho nitro benzene ring substituents is 2. The molecule has 2 aliphatic heterocycles. The monoisotopic (exact) mass is 563 g/mol. The number of nitro benzene ring substituents is 2. The molecule has 2 unspecified atom stereocenters. The topological polar surface area (TPSA) is 130 Å². The molecule has 2 amide bonds. The minimum absolute atomic E-state index is 0.0855. The van der Waals surface area contributed by atoms with E-state index in [0.717, 1.165) is 11.1 Å². The number of nitrogens with zero attached hydrogens (tertiary/aromatic N) is 5. The van der Waals surface area contributed by atoms with Crippen molar-refractivity contribution in [3.63, 3.8) is 0 Å². The molecule has 0 saturated heterocycles. The maximum absolute atomic E-state index is 13.0. The summed E-state index contributed by atoms with van der Waals surface area (Å²) in [6.07, 6.45) is 0.323. The minimum atomic E-state index is -0.492. The lowest BCUT2D eigenvalue weighted by Crippen LogP contribution is -2.35. The second-order valence-corrected chi connectivity index (χ2v) is 10.1. The lowest BCUT2D eigenvalue weighted by Gasteiger charge is -2.22. The Morgan fingerprint density at radius 3 is 1.58 bits per heavy atom. The number of benzene rings is 2. The fraction of sp³-hybridized carbons (Fsp3) is 0.440. The summed E-state index contributed by atoms with van der Waals surface area (Å²) in [5.41, 5.74) is 2.50. The fourth-order valence-corrected chi connectivity index (χ4v) is 5.50. The summed E-state index contributed by atoms with van der Waals surface area (Å²) in [6.45, 7) is 1.49. The predicted molar refractivity (Wildman–Crippen MR) is 145 cm³/mol. The summed E-state index contributed by atoms with van der Waals surface area (Å²) in [4.78, 5) is 52.5. The molecule has 2 aromatic rings. The van der Waals surface area contributed by atoms with Crippen molar-refractivity contribution in [2.45, 2.75) is 24.7 Å². The van der Waals surface area contributed by atoms with E-state index in [1.54, 1.807) is 29.0 Å². The molecular weight excluding hydrogens is 537 g/mol. The molecule has 0 spiro atoms. The molecule has 0 N–H and O–H groups in total. The van der Waals surface area contributed by atoms with Crippen molar-refractivity contribution in [3.8, 4) is 0 Å². The van der Waals surface area contributed by atoms with Crippen LogP contribution in [0.2, 0.25) is 0 Å². The van der Waals surface area contributed by atoms with Crippen LogP contribution in [0.25, 0.3) is 0 Å². The van der Waals surface area contributed by atoms with Gasteiger partial charge in [-0.1, -0.05) is 0 Å². The molecule has 2 aromatic carbocycles. The number of rotatable bonds is 10. The van der Waals surface area contributed by atoms with E-state index in [4.69, 9.17) is 23.2 Å². The van der Waals surface area contributed by atoms with Gasteiger partial charge >= 0.3 is 0 Å². The average molecular weight is 564 g/mol. The third-order valence-electron chi connectivity index (χ3n) is 7.11. The summed E-state index contributed by atoms with van der Waals surface area (Å²) in [5.74, 6) is 0.0468. The third kappa shape index (κ3) is 5.59. The van der Waals surface area contributed by atoms with Crippen LogP contribution in [-0.4, -0.2) is 71.5 Å². The number of amides is 2. The lowest BCUT2D eigenvalue weighted by atomic mass is 10.0. The number of hydrogen-bond donors (Lipinski definition) is 0. The highest BCUT2D eigenvalue weighted by Crippen LogP contribution is 2.40. The van der Waals surface area contributed by atoms with E-state index in [9.17, 15) is 29.8 Å². The summed E-state index contributed by atoms with van der Waals surface area (Å²) in [5, 5.41) is 22.4. The van der Waals surface area contributed by atoms with Crippen LogP contribution in [0.4, 0.5) is 22.7 Å². The zero-order valence-electron chi connectivity index (χ0n) is 20.7. The molecule has 0 radical (unpaired) electrons. The van der Waals surface area contributed by atoms with Crippen molar-refractivity contribution < 1.29 is 19.4 Å². The van der Waals surface area contributed by atoms with Gasteiger partial charge in [0, 0.05) is 86.9 Å². The van der Waals surface area contributed by atoms with Crippen molar-refractivity contribution in [2.75, 3.05) is 54.8 Å². The molecule has 0 aliphatic carbocycles. The highest BCUT2D eigenvalue weighted by molar-refractivity contribution is 6.19. The molecule has 4 rings (SSSR count). The Bertz CT molecular complexity index is 1180. The summed E-state index contributed by atoms with van der Waals surface area (Å²) < 4.78 is 0. The number of halogens is 2. The van der Waals surface area contributed by atoms with E-state index >= 15 is 0 Å². The molecule has 0 bridgehead atoms. The Kier molecular flexibility index (Phi) is 8.49. The molecular formula is C25H27Cl2N5O6. The molecule has 0 aromatic heterocycles. The molecule has 2 aliphatic rings. The predicted octanol–water partition coefficient (Wildman–Crippen LogP) is 4.25. The number of nitro groups is 2. The molecule has 0 fully saturated rings. The number of fused-ring (bicyclic) bond motifs is 2. The highest BCUT2D eigenvalue weighted by atomic mass is 35.5. The molecule has 2 heterocycles. The van der Waals surface area contributed by atoms with Gasteiger partial charge in [-0.3, -0.25) is 29.8 Å². The lowest BCUT2D eigenvalue weighted by molar-refractivity contribution is -0.385. The summed E-state index contributed by atoms with van der Waals surface area (Å²) in [7, 11) is 1.80. The van der Waals surface area contributed by atoms with Crippen molar-refractivity contribution >= 4 is 57.8 Å². The van der Waals surface area contributed by atoms with Gasteiger partial charge in [-0.2, -0.15) is 0 Å². The normalized spacial score (nSPS) is 18.0. The smallest absolute Gasteiger partial charge is 0.271 e. The van der Waals surface area contributed by atoms with E-state index in [2.05, 4.69) is 0 Å². The van der Waals surface area contributed by atoms with E-state index in [-0.39, 0.29) is 47.9 Å². The van der Waals surface area contributed by atoms with Gasteiger partial charge in [-0.15, -0.1) is 23.2 Å². The van der Waals surface area contributed by atoms with E-state index in [0.29, 0.717) is 49.3 Å². The van der Waals surface area contributed by atoms with Gasteiger partial charge in [0.05, 0.1) is 21.2 Å². The quantitative estimate of drug-likeness (QED) is 0.240. The fourth-order valence-electron chi connectivity index (χ4n) is 4.97. The van der Waals surface area contributed by atoms with Gasteiger partial charge in [0.1, 0.15) is 0 Å². The first kappa shape index (κ1) is 27.7. The number of carbonyl (C=O) groups is 2. The minimum Gasteiger partial charge on any atom is -0.311 e. The second-order valence-electron chi connectivity index (χ2n) is 9.51. The largest absolute Gasteiger partial charge is 0.311 e. The SMILES string of the molecule is CN(CCC(=O)N1CC(CCl)c2ccc([N+](=O)[O-])cc21)CCC(=O)N1CC(CCl)c2ccc([N+](=O)[O-])cc21. The van der Waals surface area contributed by atoms with Crippen molar-refractivity contribution in [2.24, 2.45) is 0 Å². The Labute approximate surface area is 229 Å². The van der Waals surface area contributed by atoms with Crippen LogP contribution in [0.1, 0.15) is 35.8 Å². The van der Waals surface area contributed by atoms with E-state index in [1.807, 2.05) is 4.90 Å². The number of carbonyl (C=O) groups excluding carboxylic acids is 2. The average Bonchev–Trinajstić information content (AvgIpc) is 3.47. The van der Waals surface area contributed by atoms with Crippen molar-refractivity contribution in [1.82, 2.24) is 4.90 Å².